The van der Waals surface area contributed by atoms with Crippen LogP contribution < -0.4 is 5.56 Å². The molecule has 0 N–H and O–H groups in total. The first-order chi connectivity index (χ1) is 15.5. The Morgan fingerprint density at radius 3 is 2.38 bits per heavy atom. The van der Waals surface area contributed by atoms with Crippen molar-refractivity contribution in [3.05, 3.63) is 75.4 Å². The predicted molar refractivity (Wildman–Crippen MR) is 122 cm³/mol. The second-order valence-electron chi connectivity index (χ2n) is 7.54. The molecule has 32 heavy (non-hydrogen) atoms. The zero-order valence-electron chi connectivity index (χ0n) is 17.4. The van der Waals surface area contributed by atoms with Gasteiger partial charge in [-0.05, 0) is 36.8 Å². The summed E-state index contributed by atoms with van der Waals surface area (Å²) >= 11 is 3.41. The Hall–Kier alpha value is -3.20. The van der Waals surface area contributed by atoms with E-state index in [-0.39, 0.29) is 17.4 Å². The fourth-order valence-corrected chi connectivity index (χ4v) is 3.90. The average molecular weight is 499 g/mol. The van der Waals surface area contributed by atoms with Gasteiger partial charge in [-0.2, -0.15) is 5.10 Å². The van der Waals surface area contributed by atoms with Crippen LogP contribution in [0.25, 0.3) is 11.3 Å². The topological polar surface area (TPSA) is 88.7 Å². The van der Waals surface area contributed by atoms with Crippen LogP contribution in [0.3, 0.4) is 0 Å². The molecule has 1 fully saturated rings. The van der Waals surface area contributed by atoms with Gasteiger partial charge in [0.1, 0.15) is 0 Å². The zero-order chi connectivity index (χ0) is 22.5. The largest absolute Gasteiger partial charge is 0.459 e. The molecule has 9 heteroatoms. The molecule has 1 aliphatic rings. The summed E-state index contributed by atoms with van der Waals surface area (Å²) in [6.45, 7) is 2.29. The highest BCUT2D eigenvalue weighted by Gasteiger charge is 2.25. The second-order valence-corrected chi connectivity index (χ2v) is 8.46. The molecule has 0 bridgehead atoms. The molecular formula is C23H23BrN4O4. The third-order valence-electron chi connectivity index (χ3n) is 5.42. The molecule has 0 radical (unpaired) electrons. The van der Waals surface area contributed by atoms with Gasteiger partial charge in [-0.3, -0.25) is 14.4 Å². The van der Waals surface area contributed by atoms with Crippen molar-refractivity contribution < 1.29 is 14.0 Å². The van der Waals surface area contributed by atoms with Crippen molar-refractivity contribution in [2.75, 3.05) is 26.2 Å². The molecule has 8 nitrogen and oxygen atoms in total. The van der Waals surface area contributed by atoms with Crippen LogP contribution in [0.2, 0.25) is 0 Å². The van der Waals surface area contributed by atoms with E-state index in [1.807, 2.05) is 24.3 Å². The summed E-state index contributed by atoms with van der Waals surface area (Å²) in [7, 11) is 0. The predicted octanol–water partition coefficient (Wildman–Crippen LogP) is 3.03. The SMILES string of the molecule is O=C(CCCn1nc(-c2ccc(Br)cc2)ccc1=O)N1CCN(C(=O)c2ccco2)CC1. The van der Waals surface area contributed by atoms with Gasteiger partial charge in [-0.1, -0.05) is 28.1 Å². The van der Waals surface area contributed by atoms with E-state index in [2.05, 4.69) is 21.0 Å². The first kappa shape index (κ1) is 22.0. The summed E-state index contributed by atoms with van der Waals surface area (Å²) in [5.41, 5.74) is 1.43. The van der Waals surface area contributed by atoms with Gasteiger partial charge in [0.2, 0.25) is 5.91 Å². The van der Waals surface area contributed by atoms with Gasteiger partial charge in [0.05, 0.1) is 12.0 Å². The number of amides is 2. The fourth-order valence-electron chi connectivity index (χ4n) is 3.64. The van der Waals surface area contributed by atoms with Gasteiger partial charge in [-0.15, -0.1) is 0 Å². The highest BCUT2D eigenvalue weighted by molar-refractivity contribution is 9.10. The number of hydrogen-bond donors (Lipinski definition) is 0. The lowest BCUT2D eigenvalue weighted by atomic mass is 10.1. The van der Waals surface area contributed by atoms with Crippen LogP contribution in [-0.4, -0.2) is 57.6 Å². The highest BCUT2D eigenvalue weighted by atomic mass is 79.9. The van der Waals surface area contributed by atoms with Crippen molar-refractivity contribution in [2.24, 2.45) is 0 Å². The lowest BCUT2D eigenvalue weighted by Crippen LogP contribution is -2.50. The molecule has 1 aromatic carbocycles. The Morgan fingerprint density at radius 1 is 0.969 bits per heavy atom. The molecule has 166 valence electrons. The maximum Gasteiger partial charge on any atom is 0.289 e. The number of rotatable bonds is 6. The number of carbonyl (C=O) groups is 2. The average Bonchev–Trinajstić information content (AvgIpc) is 3.35. The molecule has 1 saturated heterocycles. The number of aromatic nitrogens is 2. The molecule has 0 spiro atoms. The van der Waals surface area contributed by atoms with Crippen LogP contribution in [0.4, 0.5) is 0 Å². The Balaban J connectivity index is 1.28. The summed E-state index contributed by atoms with van der Waals surface area (Å²) in [5.74, 6) is 0.179. The third kappa shape index (κ3) is 5.16. The van der Waals surface area contributed by atoms with E-state index in [1.165, 1.54) is 17.0 Å². The minimum Gasteiger partial charge on any atom is -0.459 e. The van der Waals surface area contributed by atoms with Crippen molar-refractivity contribution in [2.45, 2.75) is 19.4 Å². The number of aryl methyl sites for hydroxylation is 1. The summed E-state index contributed by atoms with van der Waals surface area (Å²) in [6.07, 6.45) is 2.31. The number of piperazine rings is 1. The minimum absolute atomic E-state index is 0.0206. The number of hydrogen-bond acceptors (Lipinski definition) is 5. The van der Waals surface area contributed by atoms with E-state index >= 15 is 0 Å². The van der Waals surface area contributed by atoms with Crippen molar-refractivity contribution in [3.63, 3.8) is 0 Å². The maximum absolute atomic E-state index is 12.6. The van der Waals surface area contributed by atoms with Crippen molar-refractivity contribution in [3.8, 4) is 11.3 Å². The quantitative estimate of drug-likeness (QED) is 0.521. The van der Waals surface area contributed by atoms with Gasteiger partial charge in [0, 0.05) is 55.2 Å². The number of carbonyl (C=O) groups excluding carboxylic acids is 2. The van der Waals surface area contributed by atoms with Crippen LogP contribution in [-0.2, 0) is 11.3 Å². The minimum atomic E-state index is -0.191. The van der Waals surface area contributed by atoms with E-state index in [1.54, 1.807) is 28.0 Å². The number of nitrogens with zero attached hydrogens (tertiary/aromatic N) is 4. The van der Waals surface area contributed by atoms with Crippen LogP contribution in [0.1, 0.15) is 23.4 Å². The smallest absolute Gasteiger partial charge is 0.289 e. The molecule has 2 aromatic heterocycles. The lowest BCUT2D eigenvalue weighted by molar-refractivity contribution is -0.132. The Kier molecular flexibility index (Phi) is 6.84. The van der Waals surface area contributed by atoms with E-state index in [0.29, 0.717) is 57.0 Å². The zero-order valence-corrected chi connectivity index (χ0v) is 19.0. The third-order valence-corrected chi connectivity index (χ3v) is 5.95. The first-order valence-electron chi connectivity index (χ1n) is 10.5. The van der Waals surface area contributed by atoms with E-state index in [9.17, 15) is 14.4 Å². The van der Waals surface area contributed by atoms with Crippen molar-refractivity contribution >= 4 is 27.7 Å². The first-order valence-corrected chi connectivity index (χ1v) is 11.3. The lowest BCUT2D eigenvalue weighted by Gasteiger charge is -2.34. The maximum atomic E-state index is 12.6. The molecule has 0 atom stereocenters. The monoisotopic (exact) mass is 498 g/mol. The summed E-state index contributed by atoms with van der Waals surface area (Å²) in [6, 6.07) is 14.2. The number of benzene rings is 1. The Morgan fingerprint density at radius 2 is 1.69 bits per heavy atom. The van der Waals surface area contributed by atoms with Gasteiger partial charge in [0.15, 0.2) is 5.76 Å². The molecule has 1 aliphatic heterocycles. The van der Waals surface area contributed by atoms with E-state index in [4.69, 9.17) is 4.42 Å². The molecular weight excluding hydrogens is 476 g/mol. The Bertz CT molecular complexity index is 1130. The van der Waals surface area contributed by atoms with E-state index < -0.39 is 0 Å². The Labute approximate surface area is 193 Å². The fraction of sp³-hybridized carbons (Fsp3) is 0.304. The van der Waals surface area contributed by atoms with E-state index in [0.717, 1.165) is 10.0 Å². The number of halogens is 1. The van der Waals surface area contributed by atoms with Gasteiger partial charge < -0.3 is 14.2 Å². The van der Waals surface area contributed by atoms with Crippen LogP contribution in [0, 0.1) is 0 Å². The molecule has 3 aromatic rings. The van der Waals surface area contributed by atoms with Gasteiger partial charge in [0.25, 0.3) is 11.5 Å². The standard InChI is InChI=1S/C23H23BrN4O4/c24-18-7-5-17(6-8-18)19-9-10-22(30)28(25-19)11-1-4-21(29)26-12-14-27(15-13-26)23(31)20-3-2-16-32-20/h2-3,5-10,16H,1,4,11-15H2. The second kappa shape index (κ2) is 9.95. The molecule has 3 heterocycles. The summed E-state index contributed by atoms with van der Waals surface area (Å²) in [5, 5.41) is 4.45. The van der Waals surface area contributed by atoms with Crippen LogP contribution >= 0.6 is 15.9 Å². The van der Waals surface area contributed by atoms with Crippen molar-refractivity contribution in [1.29, 1.82) is 0 Å². The van der Waals surface area contributed by atoms with Crippen LogP contribution in [0.15, 0.2) is 68.5 Å². The summed E-state index contributed by atoms with van der Waals surface area (Å²) < 4.78 is 7.54. The van der Waals surface area contributed by atoms with Crippen LogP contribution in [0.5, 0.6) is 0 Å². The van der Waals surface area contributed by atoms with Gasteiger partial charge in [-0.25, -0.2) is 4.68 Å². The van der Waals surface area contributed by atoms with Crippen molar-refractivity contribution in [1.82, 2.24) is 19.6 Å². The molecule has 2 amide bonds. The normalized spacial score (nSPS) is 13.9. The molecule has 4 rings (SSSR count). The number of furan rings is 1. The highest BCUT2D eigenvalue weighted by Crippen LogP contribution is 2.19. The molecule has 0 saturated carbocycles. The molecule has 0 aliphatic carbocycles. The van der Waals surface area contributed by atoms with Gasteiger partial charge >= 0.3 is 0 Å². The molecule has 0 unspecified atom stereocenters. The summed E-state index contributed by atoms with van der Waals surface area (Å²) in [4.78, 5) is 40.6.